The van der Waals surface area contributed by atoms with Crippen LogP contribution in [0.4, 0.5) is 5.82 Å². The lowest BCUT2D eigenvalue weighted by atomic mass is 10.4. The predicted octanol–water partition coefficient (Wildman–Crippen LogP) is 0.264. The van der Waals surface area contributed by atoms with Crippen LogP contribution >= 0.6 is 11.6 Å². The molecule has 110 valence electrons. The van der Waals surface area contributed by atoms with Gasteiger partial charge in [-0.25, -0.2) is 18.1 Å². The van der Waals surface area contributed by atoms with Gasteiger partial charge in [-0.05, 0) is 18.9 Å². The first-order chi connectivity index (χ1) is 9.38. The molecule has 0 unspecified atom stereocenters. The van der Waals surface area contributed by atoms with Gasteiger partial charge in [0.1, 0.15) is 10.7 Å². The van der Waals surface area contributed by atoms with Crippen molar-refractivity contribution in [1.82, 2.24) is 15.0 Å². The summed E-state index contributed by atoms with van der Waals surface area (Å²) in [5, 5.41) is 2.84. The summed E-state index contributed by atoms with van der Waals surface area (Å²) in [6, 6.07) is 1.48. The monoisotopic (exact) mass is 318 g/mol. The highest BCUT2D eigenvalue weighted by atomic mass is 35.5. The van der Waals surface area contributed by atoms with Crippen LogP contribution in [0.15, 0.2) is 17.2 Å². The largest absolute Gasteiger partial charge is 0.382 e. The van der Waals surface area contributed by atoms with Gasteiger partial charge in [0.05, 0.1) is 5.02 Å². The van der Waals surface area contributed by atoms with Crippen LogP contribution in [0, 0.1) is 0 Å². The van der Waals surface area contributed by atoms with Crippen LogP contribution in [0.25, 0.3) is 0 Å². The highest BCUT2D eigenvalue weighted by Gasteiger charge is 2.23. The van der Waals surface area contributed by atoms with E-state index in [2.05, 4.69) is 15.0 Å². The quantitative estimate of drug-likeness (QED) is 0.696. The molecule has 1 fully saturated rings. The van der Waals surface area contributed by atoms with E-state index in [1.54, 1.807) is 0 Å². The highest BCUT2D eigenvalue weighted by Crippen LogP contribution is 2.20. The molecule has 20 heavy (non-hydrogen) atoms. The zero-order chi connectivity index (χ0) is 14.8. The Balaban J connectivity index is 1.89. The van der Waals surface area contributed by atoms with Crippen LogP contribution in [0.2, 0.25) is 5.02 Å². The Bertz CT molecular complexity index is 616. The van der Waals surface area contributed by atoms with Gasteiger partial charge >= 0.3 is 0 Å². The van der Waals surface area contributed by atoms with E-state index in [1.165, 1.54) is 6.07 Å². The number of pyridine rings is 1. The number of hydrogen-bond donors (Lipinski definition) is 3. The molecule has 1 saturated carbocycles. The smallest absolute Gasteiger partial charge is 0.242 e. The van der Waals surface area contributed by atoms with Gasteiger partial charge < -0.3 is 11.1 Å². The number of nitrogens with one attached hydrogen (secondary N) is 2. The van der Waals surface area contributed by atoms with Crippen LogP contribution in [0.5, 0.6) is 0 Å². The molecule has 0 atom stereocenters. The van der Waals surface area contributed by atoms with Crippen molar-refractivity contribution >= 4 is 33.3 Å². The van der Waals surface area contributed by atoms with Crippen LogP contribution in [0.1, 0.15) is 19.3 Å². The SMILES string of the molecule is Nc1ncc(S(=O)(=O)NCCC(=O)NC2CC2)cc1Cl. The lowest BCUT2D eigenvalue weighted by molar-refractivity contribution is -0.121. The highest BCUT2D eigenvalue weighted by molar-refractivity contribution is 7.89. The summed E-state index contributed by atoms with van der Waals surface area (Å²) in [5.41, 5.74) is 5.41. The number of hydrogen-bond acceptors (Lipinski definition) is 5. The minimum atomic E-state index is -3.74. The fraction of sp³-hybridized carbons (Fsp3) is 0.455. The maximum absolute atomic E-state index is 11.9. The molecule has 0 aromatic carbocycles. The standard InChI is InChI=1S/C11H15ClN4O3S/c12-9-5-8(6-14-11(9)13)20(18,19)15-4-3-10(17)16-7-1-2-7/h5-7,15H,1-4H2,(H2,13,14)(H,16,17). The van der Waals surface area contributed by atoms with Crippen molar-refractivity contribution in [3.63, 3.8) is 0 Å². The zero-order valence-electron chi connectivity index (χ0n) is 10.6. The molecular weight excluding hydrogens is 304 g/mol. The molecule has 1 aliphatic carbocycles. The van der Waals surface area contributed by atoms with Gasteiger partial charge in [-0.3, -0.25) is 4.79 Å². The third-order valence-electron chi connectivity index (χ3n) is 2.74. The van der Waals surface area contributed by atoms with Crippen molar-refractivity contribution in [2.45, 2.75) is 30.2 Å². The van der Waals surface area contributed by atoms with Crippen molar-refractivity contribution in [2.24, 2.45) is 0 Å². The minimum Gasteiger partial charge on any atom is -0.382 e. The summed E-state index contributed by atoms with van der Waals surface area (Å²) >= 11 is 5.72. The second-order valence-corrected chi connectivity index (χ2v) is 6.70. The number of carbonyl (C=O) groups is 1. The van der Waals surface area contributed by atoms with Gasteiger partial charge in [-0.2, -0.15) is 0 Å². The first-order valence-electron chi connectivity index (χ1n) is 6.08. The number of nitrogen functional groups attached to an aromatic ring is 1. The molecule has 1 amide bonds. The number of anilines is 1. The van der Waals surface area contributed by atoms with Gasteiger partial charge in [0.25, 0.3) is 0 Å². The molecule has 9 heteroatoms. The molecular formula is C11H15ClN4O3S. The summed E-state index contributed by atoms with van der Waals surface area (Å²) in [5.74, 6) is -0.0990. The normalized spacial score (nSPS) is 15.1. The first kappa shape index (κ1) is 15.0. The van der Waals surface area contributed by atoms with E-state index in [0.717, 1.165) is 19.0 Å². The van der Waals surface area contributed by atoms with Crippen molar-refractivity contribution < 1.29 is 13.2 Å². The fourth-order valence-electron chi connectivity index (χ4n) is 1.49. The number of sulfonamides is 1. The topological polar surface area (TPSA) is 114 Å². The average Bonchev–Trinajstić information content (AvgIpc) is 3.16. The van der Waals surface area contributed by atoms with Gasteiger partial charge in [0.15, 0.2) is 0 Å². The minimum absolute atomic E-state index is 0.0167. The second-order valence-electron chi connectivity index (χ2n) is 4.53. The van der Waals surface area contributed by atoms with Gasteiger partial charge in [0, 0.05) is 25.2 Å². The Morgan fingerprint density at radius 2 is 2.20 bits per heavy atom. The number of aromatic nitrogens is 1. The Morgan fingerprint density at radius 1 is 1.50 bits per heavy atom. The maximum atomic E-state index is 11.9. The molecule has 0 saturated heterocycles. The maximum Gasteiger partial charge on any atom is 0.242 e. The average molecular weight is 319 g/mol. The molecule has 0 bridgehead atoms. The Kier molecular flexibility index (Phi) is 4.46. The number of carbonyl (C=O) groups excluding carboxylic acids is 1. The third kappa shape index (κ3) is 4.06. The summed E-state index contributed by atoms with van der Waals surface area (Å²) in [6.45, 7) is 0.0167. The molecule has 0 radical (unpaired) electrons. The Hall–Kier alpha value is -1.38. The fourth-order valence-corrected chi connectivity index (χ4v) is 2.72. The predicted molar refractivity (Wildman–Crippen MR) is 74.6 cm³/mol. The van der Waals surface area contributed by atoms with Crippen molar-refractivity contribution in [1.29, 1.82) is 0 Å². The van der Waals surface area contributed by atoms with Crippen LogP contribution in [-0.4, -0.2) is 31.9 Å². The molecule has 0 spiro atoms. The van der Waals surface area contributed by atoms with E-state index in [0.29, 0.717) is 0 Å². The number of nitrogens with two attached hydrogens (primary N) is 1. The summed E-state index contributed by atoms with van der Waals surface area (Å²) in [7, 11) is -3.74. The first-order valence-corrected chi connectivity index (χ1v) is 7.94. The number of halogens is 1. The van der Waals surface area contributed by atoms with E-state index in [9.17, 15) is 13.2 Å². The van der Waals surface area contributed by atoms with Crippen molar-refractivity contribution in [3.05, 3.63) is 17.3 Å². The van der Waals surface area contributed by atoms with E-state index in [-0.39, 0.29) is 40.7 Å². The van der Waals surface area contributed by atoms with E-state index in [1.807, 2.05) is 0 Å². The van der Waals surface area contributed by atoms with Crippen molar-refractivity contribution in [2.75, 3.05) is 12.3 Å². The Labute approximate surface area is 122 Å². The molecule has 4 N–H and O–H groups in total. The van der Waals surface area contributed by atoms with Gasteiger partial charge in [-0.1, -0.05) is 11.6 Å². The lowest BCUT2D eigenvalue weighted by Crippen LogP contribution is -2.31. The van der Waals surface area contributed by atoms with E-state index in [4.69, 9.17) is 17.3 Å². The summed E-state index contributed by atoms with van der Waals surface area (Å²) in [4.78, 5) is 15.0. The molecule has 1 aromatic rings. The van der Waals surface area contributed by atoms with Crippen LogP contribution in [0.3, 0.4) is 0 Å². The summed E-state index contributed by atoms with van der Waals surface area (Å²) in [6.07, 6.45) is 3.19. The van der Waals surface area contributed by atoms with Crippen molar-refractivity contribution in [3.8, 4) is 0 Å². The zero-order valence-corrected chi connectivity index (χ0v) is 12.2. The number of rotatable bonds is 6. The molecule has 7 nitrogen and oxygen atoms in total. The summed E-state index contributed by atoms with van der Waals surface area (Å²) < 4.78 is 26.2. The third-order valence-corrected chi connectivity index (χ3v) is 4.47. The number of amides is 1. The number of nitrogens with zero attached hydrogens (tertiary/aromatic N) is 1. The molecule has 1 aromatic heterocycles. The molecule has 2 rings (SSSR count). The second kappa shape index (κ2) is 5.94. The van der Waals surface area contributed by atoms with E-state index < -0.39 is 10.0 Å². The molecule has 1 heterocycles. The van der Waals surface area contributed by atoms with Crippen LogP contribution < -0.4 is 15.8 Å². The van der Waals surface area contributed by atoms with Crippen LogP contribution in [-0.2, 0) is 14.8 Å². The van der Waals surface area contributed by atoms with E-state index >= 15 is 0 Å². The Morgan fingerprint density at radius 3 is 2.80 bits per heavy atom. The molecule has 1 aliphatic rings. The van der Waals surface area contributed by atoms with Gasteiger partial charge in [0.2, 0.25) is 15.9 Å². The lowest BCUT2D eigenvalue weighted by Gasteiger charge is -2.07. The van der Waals surface area contributed by atoms with Gasteiger partial charge in [-0.15, -0.1) is 0 Å². The molecule has 0 aliphatic heterocycles.